The van der Waals surface area contributed by atoms with E-state index in [4.69, 9.17) is 4.84 Å². The first-order valence-electron chi connectivity index (χ1n) is 5.40. The van der Waals surface area contributed by atoms with Crippen LogP contribution >= 0.6 is 0 Å². The average Bonchev–Trinajstić information content (AvgIpc) is 2.66. The molecule has 2 rings (SSSR count). The Bertz CT molecular complexity index is 598. The van der Waals surface area contributed by atoms with Gasteiger partial charge in [0.15, 0.2) is 0 Å². The summed E-state index contributed by atoms with van der Waals surface area (Å²) in [6, 6.07) is 3.58. The quantitative estimate of drug-likeness (QED) is 0.886. The lowest BCUT2D eigenvalue weighted by atomic mass is 10.2. The summed E-state index contributed by atoms with van der Waals surface area (Å²) >= 11 is 0. The number of aryl methyl sites for hydroxylation is 1. The van der Waals surface area contributed by atoms with E-state index >= 15 is 0 Å². The van der Waals surface area contributed by atoms with Crippen molar-refractivity contribution < 1.29 is 17.6 Å². The number of rotatable bonds is 2. The van der Waals surface area contributed by atoms with Crippen LogP contribution in [0.25, 0.3) is 0 Å². The molecule has 0 radical (unpaired) electrons. The van der Waals surface area contributed by atoms with Crippen molar-refractivity contribution in [3.63, 3.8) is 0 Å². The minimum Gasteiger partial charge on any atom is -0.271 e. The number of amidine groups is 1. The second-order valence-corrected chi connectivity index (χ2v) is 5.73. The van der Waals surface area contributed by atoms with E-state index in [2.05, 4.69) is 9.88 Å². The third-order valence-corrected chi connectivity index (χ3v) is 3.97. The number of nitrogens with zero attached hydrogens (tertiary/aromatic N) is 1. The van der Waals surface area contributed by atoms with Crippen LogP contribution in [0.3, 0.4) is 0 Å². The number of hydroxylamine groups is 1. The lowest BCUT2D eigenvalue weighted by Gasteiger charge is -2.04. The summed E-state index contributed by atoms with van der Waals surface area (Å²) < 4.78 is 40.8. The number of sulfonamides is 1. The molecule has 1 aliphatic heterocycles. The van der Waals surface area contributed by atoms with Crippen molar-refractivity contribution in [3.05, 3.63) is 29.6 Å². The molecule has 1 fully saturated rings. The van der Waals surface area contributed by atoms with Crippen LogP contribution in [0.5, 0.6) is 0 Å². The van der Waals surface area contributed by atoms with Gasteiger partial charge in [-0.1, -0.05) is 6.07 Å². The maximum absolute atomic E-state index is 13.1. The SMILES string of the molecule is Cc1ccc(F)cc1S(=O)(=O)/N=C1/CC(C)ON1. The van der Waals surface area contributed by atoms with Gasteiger partial charge in [-0.3, -0.25) is 10.3 Å². The second-order valence-electron chi connectivity index (χ2n) is 4.16. The van der Waals surface area contributed by atoms with Gasteiger partial charge in [-0.2, -0.15) is 8.42 Å². The topological polar surface area (TPSA) is 67.8 Å². The highest BCUT2D eigenvalue weighted by Gasteiger charge is 2.22. The van der Waals surface area contributed by atoms with Gasteiger partial charge in [0.2, 0.25) is 0 Å². The lowest BCUT2D eigenvalue weighted by Crippen LogP contribution is -2.15. The monoisotopic (exact) mass is 272 g/mol. The van der Waals surface area contributed by atoms with E-state index in [0.717, 1.165) is 6.07 Å². The summed E-state index contributed by atoms with van der Waals surface area (Å²) in [5.41, 5.74) is 2.89. The Morgan fingerprint density at radius 3 is 2.83 bits per heavy atom. The predicted octanol–water partition coefficient (Wildman–Crippen LogP) is 1.53. The fourth-order valence-electron chi connectivity index (χ4n) is 1.63. The standard InChI is InChI=1S/C11H13FN2O3S/c1-7-3-4-9(12)6-10(7)18(15,16)14-11-5-8(2)17-13-11/h3-4,6,8H,5H2,1-2H3,(H,13,14). The van der Waals surface area contributed by atoms with Crippen LogP contribution in [0.2, 0.25) is 0 Å². The second kappa shape index (κ2) is 4.66. The smallest absolute Gasteiger partial charge is 0.271 e. The first kappa shape index (κ1) is 13.0. The fraction of sp³-hybridized carbons (Fsp3) is 0.364. The molecule has 0 aromatic heterocycles. The minimum atomic E-state index is -3.91. The number of halogens is 1. The van der Waals surface area contributed by atoms with E-state index in [1.54, 1.807) is 13.8 Å². The Kier molecular flexibility index (Phi) is 3.36. The highest BCUT2D eigenvalue weighted by molar-refractivity contribution is 7.90. The zero-order valence-electron chi connectivity index (χ0n) is 9.97. The molecule has 5 nitrogen and oxygen atoms in total. The number of hydrogen-bond donors (Lipinski definition) is 1. The molecule has 0 saturated carbocycles. The van der Waals surface area contributed by atoms with Gasteiger partial charge in [0.05, 0.1) is 11.0 Å². The Morgan fingerprint density at radius 2 is 2.22 bits per heavy atom. The molecule has 0 aliphatic carbocycles. The molecule has 1 atom stereocenters. The summed E-state index contributed by atoms with van der Waals surface area (Å²) in [6.45, 7) is 3.38. The molecular formula is C11H13FN2O3S. The maximum Gasteiger partial charge on any atom is 0.284 e. The normalized spacial score (nSPS) is 22.2. The molecule has 1 aromatic carbocycles. The molecule has 0 spiro atoms. The Labute approximate surface area is 105 Å². The van der Waals surface area contributed by atoms with E-state index in [-0.39, 0.29) is 16.8 Å². The van der Waals surface area contributed by atoms with Crippen LogP contribution < -0.4 is 5.48 Å². The third kappa shape index (κ3) is 2.68. The molecule has 0 amide bonds. The molecule has 18 heavy (non-hydrogen) atoms. The molecule has 98 valence electrons. The molecule has 1 N–H and O–H groups in total. The largest absolute Gasteiger partial charge is 0.284 e. The van der Waals surface area contributed by atoms with Crippen LogP contribution in [0.1, 0.15) is 18.9 Å². The van der Waals surface area contributed by atoms with Gasteiger partial charge < -0.3 is 0 Å². The highest BCUT2D eigenvalue weighted by Crippen LogP contribution is 2.20. The van der Waals surface area contributed by atoms with Gasteiger partial charge in [-0.15, -0.1) is 4.40 Å². The van der Waals surface area contributed by atoms with Gasteiger partial charge >= 0.3 is 0 Å². The number of hydrogen-bond acceptors (Lipinski definition) is 3. The van der Waals surface area contributed by atoms with Crippen LogP contribution in [-0.4, -0.2) is 20.4 Å². The molecule has 1 aliphatic rings. The third-order valence-electron chi connectivity index (χ3n) is 2.52. The zero-order valence-corrected chi connectivity index (χ0v) is 10.8. The van der Waals surface area contributed by atoms with Gasteiger partial charge in [-0.25, -0.2) is 4.39 Å². The van der Waals surface area contributed by atoms with Crippen molar-refractivity contribution in [3.8, 4) is 0 Å². The Balaban J connectivity index is 2.40. The van der Waals surface area contributed by atoms with Crippen molar-refractivity contribution >= 4 is 15.9 Å². The van der Waals surface area contributed by atoms with Crippen molar-refractivity contribution in [2.24, 2.45) is 4.40 Å². The van der Waals surface area contributed by atoms with Crippen molar-refractivity contribution in [1.29, 1.82) is 0 Å². The molecule has 7 heteroatoms. The van der Waals surface area contributed by atoms with Crippen molar-refractivity contribution in [2.75, 3.05) is 0 Å². The number of nitrogens with one attached hydrogen (secondary N) is 1. The van der Waals surface area contributed by atoms with Gasteiger partial charge in [0, 0.05) is 6.42 Å². The van der Waals surface area contributed by atoms with Crippen molar-refractivity contribution in [2.45, 2.75) is 31.3 Å². The van der Waals surface area contributed by atoms with E-state index in [1.807, 2.05) is 0 Å². The van der Waals surface area contributed by atoms with E-state index in [1.165, 1.54) is 12.1 Å². The highest BCUT2D eigenvalue weighted by atomic mass is 32.2. The van der Waals surface area contributed by atoms with E-state index < -0.39 is 15.8 Å². The van der Waals surface area contributed by atoms with Crippen LogP contribution in [0, 0.1) is 12.7 Å². The molecule has 1 heterocycles. The predicted molar refractivity (Wildman–Crippen MR) is 64.1 cm³/mol. The molecule has 1 saturated heterocycles. The number of benzene rings is 1. The van der Waals surface area contributed by atoms with Crippen molar-refractivity contribution in [1.82, 2.24) is 5.48 Å². The summed E-state index contributed by atoms with van der Waals surface area (Å²) in [5.74, 6) is -0.380. The van der Waals surface area contributed by atoms with Gasteiger partial charge in [0.25, 0.3) is 10.0 Å². The Morgan fingerprint density at radius 1 is 1.50 bits per heavy atom. The molecule has 0 bridgehead atoms. The first-order chi connectivity index (χ1) is 8.38. The summed E-state index contributed by atoms with van der Waals surface area (Å²) in [4.78, 5) is 4.85. The molecule has 1 unspecified atom stereocenters. The Hall–Kier alpha value is -1.47. The summed E-state index contributed by atoms with van der Waals surface area (Å²) in [6.07, 6.45) is 0.251. The van der Waals surface area contributed by atoms with Gasteiger partial charge in [-0.05, 0) is 31.5 Å². The van der Waals surface area contributed by atoms with Crippen LogP contribution in [-0.2, 0) is 14.9 Å². The fourth-order valence-corrected chi connectivity index (χ4v) is 2.86. The maximum atomic E-state index is 13.1. The van der Waals surface area contributed by atoms with E-state index in [0.29, 0.717) is 12.0 Å². The summed E-state index contributed by atoms with van der Waals surface area (Å²) in [5, 5.41) is 0. The zero-order chi connectivity index (χ0) is 13.3. The van der Waals surface area contributed by atoms with E-state index in [9.17, 15) is 12.8 Å². The average molecular weight is 272 g/mol. The molecule has 1 aromatic rings. The van der Waals surface area contributed by atoms with Gasteiger partial charge in [0.1, 0.15) is 11.7 Å². The van der Waals surface area contributed by atoms with Crippen LogP contribution in [0.4, 0.5) is 4.39 Å². The first-order valence-corrected chi connectivity index (χ1v) is 6.84. The van der Waals surface area contributed by atoms with Crippen LogP contribution in [0.15, 0.2) is 27.5 Å². The lowest BCUT2D eigenvalue weighted by molar-refractivity contribution is 0.0575. The molecular weight excluding hydrogens is 259 g/mol. The minimum absolute atomic E-state index is 0.128. The summed E-state index contributed by atoms with van der Waals surface area (Å²) in [7, 11) is -3.91.